The van der Waals surface area contributed by atoms with E-state index in [4.69, 9.17) is 15.2 Å². The average molecular weight is 285 g/mol. The van der Waals surface area contributed by atoms with Crippen LogP contribution in [-0.2, 0) is 13.2 Å². The molecule has 0 spiro atoms. The number of benzene rings is 1. The molecule has 2 heterocycles. The number of fused-ring (bicyclic) bond motifs is 1. The zero-order chi connectivity index (χ0) is 14.5. The molecule has 0 radical (unpaired) electrons. The molecule has 0 fully saturated rings. The van der Waals surface area contributed by atoms with Gasteiger partial charge in [-0.3, -0.25) is 4.68 Å². The van der Waals surface area contributed by atoms with Crippen LogP contribution in [0, 0.1) is 0 Å². The number of aromatic nitrogens is 2. The van der Waals surface area contributed by atoms with Crippen LogP contribution in [0.15, 0.2) is 18.2 Å². The van der Waals surface area contributed by atoms with Gasteiger partial charge in [-0.15, -0.1) is 0 Å². The van der Waals surface area contributed by atoms with Crippen molar-refractivity contribution >= 4 is 5.82 Å². The van der Waals surface area contributed by atoms with Crippen molar-refractivity contribution in [3.63, 3.8) is 0 Å². The van der Waals surface area contributed by atoms with E-state index in [1.54, 1.807) is 7.05 Å². The normalized spacial score (nSPS) is 13.8. The van der Waals surface area contributed by atoms with Crippen LogP contribution in [0.25, 0.3) is 11.3 Å². The number of hydrogen-bond donors (Lipinski definition) is 1. The van der Waals surface area contributed by atoms with E-state index in [1.807, 2.05) is 0 Å². The summed E-state index contributed by atoms with van der Waals surface area (Å²) < 4.78 is 51.0. The molecule has 3 rings (SSSR count). The third kappa shape index (κ3) is 1.84. The maximum atomic E-state index is 13.1. The highest BCUT2D eigenvalue weighted by molar-refractivity contribution is 5.77. The first-order valence-corrected chi connectivity index (χ1v) is 5.67. The second kappa shape index (κ2) is 4.06. The Morgan fingerprint density at radius 3 is 2.65 bits per heavy atom. The van der Waals surface area contributed by atoms with Gasteiger partial charge >= 0.3 is 6.18 Å². The number of alkyl halides is 3. The number of halogens is 3. The third-order valence-electron chi connectivity index (χ3n) is 3.02. The van der Waals surface area contributed by atoms with Crippen LogP contribution >= 0.6 is 0 Å². The molecular weight excluding hydrogens is 275 g/mol. The minimum Gasteiger partial charge on any atom is -0.454 e. The van der Waals surface area contributed by atoms with Crippen LogP contribution in [0.1, 0.15) is 5.56 Å². The molecule has 0 aliphatic carbocycles. The lowest BCUT2D eigenvalue weighted by atomic mass is 10.0. The fourth-order valence-corrected chi connectivity index (χ4v) is 2.07. The molecule has 0 atom stereocenters. The Labute approximate surface area is 111 Å². The van der Waals surface area contributed by atoms with Gasteiger partial charge in [0.05, 0.1) is 16.8 Å². The number of nitrogen functional groups attached to an aromatic ring is 1. The standard InChI is InChI=1S/C12H10F3N3O2/c1-18-9(16)4-7(17-18)10-6(12(13,14)15)2-3-8-11(10)20-5-19-8/h2-4H,5,16H2,1H3. The summed E-state index contributed by atoms with van der Waals surface area (Å²) in [5.41, 5.74) is 4.74. The molecule has 1 aromatic heterocycles. The Hall–Kier alpha value is -2.38. The SMILES string of the molecule is Cn1nc(-c2c(C(F)(F)F)ccc3c2OCO3)cc1N. The van der Waals surface area contributed by atoms with Gasteiger partial charge in [0.1, 0.15) is 5.82 Å². The number of rotatable bonds is 1. The summed E-state index contributed by atoms with van der Waals surface area (Å²) >= 11 is 0. The summed E-state index contributed by atoms with van der Waals surface area (Å²) in [5, 5.41) is 3.99. The Morgan fingerprint density at radius 2 is 2.05 bits per heavy atom. The lowest BCUT2D eigenvalue weighted by Crippen LogP contribution is -2.08. The lowest BCUT2D eigenvalue weighted by molar-refractivity contribution is -0.137. The molecular formula is C12H10F3N3O2. The molecule has 0 amide bonds. The smallest absolute Gasteiger partial charge is 0.417 e. The number of hydrogen-bond acceptors (Lipinski definition) is 4. The lowest BCUT2D eigenvalue weighted by Gasteiger charge is -2.13. The van der Waals surface area contributed by atoms with E-state index in [9.17, 15) is 13.2 Å². The Bertz CT molecular complexity index is 660. The van der Waals surface area contributed by atoms with Gasteiger partial charge in [0.15, 0.2) is 11.5 Å². The summed E-state index contributed by atoms with van der Waals surface area (Å²) in [7, 11) is 1.55. The number of anilines is 1. The zero-order valence-corrected chi connectivity index (χ0v) is 10.4. The molecule has 0 unspecified atom stereocenters. The number of nitrogens with two attached hydrogens (primary N) is 1. The summed E-state index contributed by atoms with van der Waals surface area (Å²) in [6.07, 6.45) is -4.53. The van der Waals surface area contributed by atoms with Gasteiger partial charge in [-0.1, -0.05) is 0 Å². The van der Waals surface area contributed by atoms with E-state index in [1.165, 1.54) is 16.8 Å². The zero-order valence-electron chi connectivity index (χ0n) is 10.4. The van der Waals surface area contributed by atoms with Crippen molar-refractivity contribution in [1.29, 1.82) is 0 Å². The first-order chi connectivity index (χ1) is 9.38. The summed E-state index contributed by atoms with van der Waals surface area (Å²) in [4.78, 5) is 0. The minimum absolute atomic E-state index is 0.0397. The van der Waals surface area contributed by atoms with Gasteiger partial charge in [-0.05, 0) is 12.1 Å². The van der Waals surface area contributed by atoms with Gasteiger partial charge < -0.3 is 15.2 Å². The van der Waals surface area contributed by atoms with Crippen molar-refractivity contribution in [2.45, 2.75) is 6.18 Å². The van der Waals surface area contributed by atoms with E-state index in [2.05, 4.69) is 5.10 Å². The molecule has 1 aromatic carbocycles. The van der Waals surface area contributed by atoms with Gasteiger partial charge in [-0.25, -0.2) is 0 Å². The third-order valence-corrected chi connectivity index (χ3v) is 3.02. The van der Waals surface area contributed by atoms with E-state index in [-0.39, 0.29) is 35.4 Å². The molecule has 1 aliphatic rings. The molecule has 2 aromatic rings. The predicted octanol–water partition coefficient (Wildman–Crippen LogP) is 2.42. The van der Waals surface area contributed by atoms with Crippen LogP contribution in [0.2, 0.25) is 0 Å². The quantitative estimate of drug-likeness (QED) is 0.874. The fraction of sp³-hybridized carbons (Fsp3) is 0.250. The molecule has 1 aliphatic heterocycles. The van der Waals surface area contributed by atoms with Crippen molar-refractivity contribution in [2.75, 3.05) is 12.5 Å². The average Bonchev–Trinajstić information content (AvgIpc) is 2.94. The number of nitrogens with zero attached hydrogens (tertiary/aromatic N) is 2. The highest BCUT2D eigenvalue weighted by Gasteiger charge is 2.38. The van der Waals surface area contributed by atoms with Crippen LogP contribution in [0.3, 0.4) is 0 Å². The predicted molar refractivity (Wildman–Crippen MR) is 64.2 cm³/mol. The number of aryl methyl sites for hydroxylation is 1. The van der Waals surface area contributed by atoms with Crippen LogP contribution < -0.4 is 15.2 Å². The van der Waals surface area contributed by atoms with Crippen LogP contribution in [-0.4, -0.2) is 16.6 Å². The van der Waals surface area contributed by atoms with E-state index in [0.717, 1.165) is 6.07 Å². The molecule has 8 heteroatoms. The van der Waals surface area contributed by atoms with Gasteiger partial charge in [0.25, 0.3) is 0 Å². The molecule has 2 N–H and O–H groups in total. The molecule has 106 valence electrons. The largest absolute Gasteiger partial charge is 0.454 e. The summed E-state index contributed by atoms with van der Waals surface area (Å²) in [6, 6.07) is 3.56. The van der Waals surface area contributed by atoms with Gasteiger partial charge in [0, 0.05) is 13.1 Å². The van der Waals surface area contributed by atoms with Crippen LogP contribution in [0.4, 0.5) is 19.0 Å². The fourth-order valence-electron chi connectivity index (χ4n) is 2.07. The van der Waals surface area contributed by atoms with E-state index >= 15 is 0 Å². The van der Waals surface area contributed by atoms with Crippen molar-refractivity contribution in [2.24, 2.45) is 7.05 Å². The van der Waals surface area contributed by atoms with Crippen molar-refractivity contribution < 1.29 is 22.6 Å². The van der Waals surface area contributed by atoms with E-state index in [0.29, 0.717) is 0 Å². The monoisotopic (exact) mass is 285 g/mol. The molecule has 0 saturated heterocycles. The Balaban J connectivity index is 2.29. The van der Waals surface area contributed by atoms with E-state index < -0.39 is 11.7 Å². The highest BCUT2D eigenvalue weighted by atomic mass is 19.4. The van der Waals surface area contributed by atoms with Crippen LogP contribution in [0.5, 0.6) is 11.5 Å². The number of ether oxygens (including phenoxy) is 2. The topological polar surface area (TPSA) is 62.3 Å². The second-order valence-electron chi connectivity index (χ2n) is 4.30. The minimum atomic E-state index is -4.53. The first kappa shape index (κ1) is 12.6. The Morgan fingerprint density at radius 1 is 1.30 bits per heavy atom. The molecule has 0 saturated carbocycles. The highest BCUT2D eigenvalue weighted by Crippen LogP contribution is 2.48. The first-order valence-electron chi connectivity index (χ1n) is 5.67. The maximum absolute atomic E-state index is 13.1. The van der Waals surface area contributed by atoms with Gasteiger partial charge in [-0.2, -0.15) is 18.3 Å². The maximum Gasteiger partial charge on any atom is 0.417 e. The molecule has 5 nitrogen and oxygen atoms in total. The van der Waals surface area contributed by atoms with Gasteiger partial charge in [0.2, 0.25) is 6.79 Å². The van der Waals surface area contributed by atoms with Crippen molar-refractivity contribution in [1.82, 2.24) is 9.78 Å². The van der Waals surface area contributed by atoms with Crippen molar-refractivity contribution in [3.8, 4) is 22.8 Å². The summed E-state index contributed by atoms with van der Waals surface area (Å²) in [5.74, 6) is 0.555. The second-order valence-corrected chi connectivity index (χ2v) is 4.30. The summed E-state index contributed by atoms with van der Waals surface area (Å²) in [6.45, 7) is -0.119. The molecule has 0 bridgehead atoms. The molecule has 20 heavy (non-hydrogen) atoms. The Kier molecular flexibility index (Phi) is 2.56. The van der Waals surface area contributed by atoms with Crippen molar-refractivity contribution in [3.05, 3.63) is 23.8 Å².